The molecule has 0 saturated heterocycles. The average molecular weight is 487 g/mol. The molecule has 0 atom stereocenters. The van der Waals surface area contributed by atoms with E-state index in [1.807, 2.05) is 47.0 Å². The van der Waals surface area contributed by atoms with Crippen LogP contribution < -0.4 is 20.1 Å². The number of carbonyl (C=O) groups excluding carboxylic acids is 2. The molecule has 0 radical (unpaired) electrons. The van der Waals surface area contributed by atoms with Crippen LogP contribution in [0.1, 0.15) is 15.9 Å². The maximum absolute atomic E-state index is 12.7. The highest BCUT2D eigenvalue weighted by Crippen LogP contribution is 2.34. The molecule has 1 aliphatic rings. The van der Waals surface area contributed by atoms with Crippen LogP contribution >= 0.6 is 11.8 Å². The van der Waals surface area contributed by atoms with E-state index in [1.54, 1.807) is 42.7 Å². The van der Waals surface area contributed by atoms with Crippen molar-refractivity contribution in [3.05, 3.63) is 96.3 Å². The van der Waals surface area contributed by atoms with Crippen LogP contribution in [0.2, 0.25) is 0 Å². The van der Waals surface area contributed by atoms with Gasteiger partial charge in [-0.25, -0.2) is 4.98 Å². The van der Waals surface area contributed by atoms with Crippen molar-refractivity contribution in [1.29, 1.82) is 0 Å². The van der Waals surface area contributed by atoms with Crippen LogP contribution in [0.25, 0.3) is 5.69 Å². The molecule has 8 nitrogen and oxygen atoms in total. The van der Waals surface area contributed by atoms with Gasteiger partial charge in [-0.2, -0.15) is 0 Å². The lowest BCUT2D eigenvalue weighted by Crippen LogP contribution is -2.22. The maximum atomic E-state index is 12.7. The Kier molecular flexibility index (Phi) is 6.67. The number of rotatable bonds is 8. The molecule has 0 fully saturated rings. The Hall–Kier alpha value is -4.24. The van der Waals surface area contributed by atoms with Crippen molar-refractivity contribution in [2.45, 2.75) is 11.7 Å². The number of nitrogens with zero attached hydrogens (tertiary/aromatic N) is 2. The first-order valence-electron chi connectivity index (χ1n) is 10.9. The Balaban J connectivity index is 1.21. The third kappa shape index (κ3) is 5.47. The van der Waals surface area contributed by atoms with Gasteiger partial charge in [-0.15, -0.1) is 0 Å². The first-order valence-corrected chi connectivity index (χ1v) is 11.9. The summed E-state index contributed by atoms with van der Waals surface area (Å²) in [5.41, 5.74) is 3.00. The van der Waals surface area contributed by atoms with E-state index in [0.717, 1.165) is 11.3 Å². The molecule has 9 heteroatoms. The van der Waals surface area contributed by atoms with Gasteiger partial charge < -0.3 is 20.1 Å². The highest BCUT2D eigenvalue weighted by atomic mass is 32.2. The molecule has 5 rings (SSSR count). The van der Waals surface area contributed by atoms with E-state index in [2.05, 4.69) is 15.6 Å². The molecule has 0 aliphatic carbocycles. The standard InChI is InChI=1S/C26H22N4O4S/c31-24(29-20-9-10-22-23(14-20)34-17-33-22)16-35-26-27-11-12-30(26)21-8-4-7-19(13-21)25(32)28-15-18-5-2-1-3-6-18/h1-14H,15-17H2,(H,28,32)(H,29,31). The third-order valence-electron chi connectivity index (χ3n) is 5.28. The number of thioether (sulfide) groups is 1. The first kappa shape index (κ1) is 22.5. The zero-order valence-electron chi connectivity index (χ0n) is 18.6. The van der Waals surface area contributed by atoms with Crippen LogP contribution in [0.5, 0.6) is 11.5 Å². The number of aromatic nitrogens is 2. The lowest BCUT2D eigenvalue weighted by molar-refractivity contribution is -0.113. The molecule has 0 spiro atoms. The SMILES string of the molecule is O=C(CSc1nccn1-c1cccc(C(=O)NCc2ccccc2)c1)Nc1ccc2c(c1)OCO2. The minimum atomic E-state index is -0.169. The Labute approximate surface area is 206 Å². The van der Waals surface area contributed by atoms with Gasteiger partial charge in [-0.05, 0) is 35.9 Å². The molecule has 2 heterocycles. The molecule has 1 aromatic heterocycles. The fourth-order valence-electron chi connectivity index (χ4n) is 3.57. The second-order valence-electron chi connectivity index (χ2n) is 7.70. The summed E-state index contributed by atoms with van der Waals surface area (Å²) in [6.07, 6.45) is 3.47. The molecule has 3 aromatic carbocycles. The van der Waals surface area contributed by atoms with Gasteiger partial charge in [0.15, 0.2) is 16.7 Å². The summed E-state index contributed by atoms with van der Waals surface area (Å²) in [5.74, 6) is 1.11. The quantitative estimate of drug-likeness (QED) is 0.362. The number of nitrogens with one attached hydrogen (secondary N) is 2. The molecule has 0 unspecified atom stereocenters. The molecule has 0 bridgehead atoms. The van der Waals surface area contributed by atoms with E-state index in [4.69, 9.17) is 9.47 Å². The minimum absolute atomic E-state index is 0.159. The molecule has 35 heavy (non-hydrogen) atoms. The van der Waals surface area contributed by atoms with Crippen molar-refractivity contribution in [2.24, 2.45) is 0 Å². The maximum Gasteiger partial charge on any atom is 0.251 e. The van der Waals surface area contributed by atoms with Crippen LogP contribution in [-0.2, 0) is 11.3 Å². The Bertz CT molecular complexity index is 1360. The molecule has 2 N–H and O–H groups in total. The summed E-state index contributed by atoms with van der Waals surface area (Å²) >= 11 is 1.31. The normalized spacial score (nSPS) is 11.8. The van der Waals surface area contributed by atoms with Gasteiger partial charge in [-0.3, -0.25) is 14.2 Å². The van der Waals surface area contributed by atoms with Gasteiger partial charge >= 0.3 is 0 Å². The van der Waals surface area contributed by atoms with Gasteiger partial charge in [0.1, 0.15) is 0 Å². The molecule has 176 valence electrons. The van der Waals surface area contributed by atoms with Crippen LogP contribution in [-0.4, -0.2) is 33.9 Å². The van der Waals surface area contributed by atoms with Gasteiger partial charge in [-0.1, -0.05) is 48.2 Å². The smallest absolute Gasteiger partial charge is 0.251 e. The van der Waals surface area contributed by atoms with E-state index in [9.17, 15) is 9.59 Å². The number of benzene rings is 3. The number of fused-ring (bicyclic) bond motifs is 1. The van der Waals surface area contributed by atoms with Gasteiger partial charge in [0.25, 0.3) is 5.91 Å². The van der Waals surface area contributed by atoms with Crippen molar-refractivity contribution < 1.29 is 19.1 Å². The molecular formula is C26H22N4O4S. The lowest BCUT2D eigenvalue weighted by Gasteiger charge is -2.10. The Morgan fingerprint density at radius 1 is 0.971 bits per heavy atom. The average Bonchev–Trinajstić information content (AvgIpc) is 3.56. The highest BCUT2D eigenvalue weighted by Gasteiger charge is 2.15. The Morgan fingerprint density at radius 3 is 2.71 bits per heavy atom. The van der Waals surface area contributed by atoms with Crippen molar-refractivity contribution >= 4 is 29.3 Å². The summed E-state index contributed by atoms with van der Waals surface area (Å²) in [6.45, 7) is 0.635. The number of carbonyl (C=O) groups is 2. The van der Waals surface area contributed by atoms with Crippen molar-refractivity contribution in [3.63, 3.8) is 0 Å². The van der Waals surface area contributed by atoms with Crippen molar-refractivity contribution in [2.75, 3.05) is 17.9 Å². The summed E-state index contributed by atoms with van der Waals surface area (Å²) < 4.78 is 12.5. The fraction of sp³-hybridized carbons (Fsp3) is 0.115. The predicted octanol–water partition coefficient (Wildman–Crippen LogP) is 4.26. The number of anilines is 1. The van der Waals surface area contributed by atoms with E-state index >= 15 is 0 Å². The summed E-state index contributed by atoms with van der Waals surface area (Å²) in [7, 11) is 0. The van der Waals surface area contributed by atoms with E-state index in [-0.39, 0.29) is 24.4 Å². The highest BCUT2D eigenvalue weighted by molar-refractivity contribution is 7.99. The van der Waals surface area contributed by atoms with Crippen LogP contribution in [0.4, 0.5) is 5.69 Å². The van der Waals surface area contributed by atoms with Crippen LogP contribution in [0.15, 0.2) is 90.3 Å². The van der Waals surface area contributed by atoms with Crippen molar-refractivity contribution in [3.8, 4) is 17.2 Å². The number of imidazole rings is 1. The number of hydrogen-bond donors (Lipinski definition) is 2. The molecular weight excluding hydrogens is 464 g/mol. The summed E-state index contributed by atoms with van der Waals surface area (Å²) in [4.78, 5) is 29.5. The van der Waals surface area contributed by atoms with Gasteiger partial charge in [0.05, 0.1) is 5.75 Å². The number of hydrogen-bond acceptors (Lipinski definition) is 6. The van der Waals surface area contributed by atoms with Crippen molar-refractivity contribution in [1.82, 2.24) is 14.9 Å². The summed E-state index contributed by atoms with van der Waals surface area (Å²) in [6, 6.07) is 22.3. The Morgan fingerprint density at radius 2 is 1.83 bits per heavy atom. The molecule has 2 amide bonds. The predicted molar refractivity (Wildman–Crippen MR) is 133 cm³/mol. The number of amides is 2. The number of ether oxygens (including phenoxy) is 2. The topological polar surface area (TPSA) is 94.5 Å². The fourth-order valence-corrected chi connectivity index (χ4v) is 4.34. The summed E-state index contributed by atoms with van der Waals surface area (Å²) in [5, 5.41) is 6.45. The first-order chi connectivity index (χ1) is 17.2. The third-order valence-corrected chi connectivity index (χ3v) is 6.24. The van der Waals surface area contributed by atoms with Gasteiger partial charge in [0.2, 0.25) is 12.7 Å². The largest absolute Gasteiger partial charge is 0.454 e. The second kappa shape index (κ2) is 10.4. The zero-order chi connectivity index (χ0) is 24.0. The van der Waals surface area contributed by atoms with E-state index < -0.39 is 0 Å². The molecule has 1 aliphatic heterocycles. The zero-order valence-corrected chi connectivity index (χ0v) is 19.5. The lowest BCUT2D eigenvalue weighted by atomic mass is 10.1. The van der Waals surface area contributed by atoms with Crippen LogP contribution in [0.3, 0.4) is 0 Å². The minimum Gasteiger partial charge on any atom is -0.454 e. The van der Waals surface area contributed by atoms with Gasteiger partial charge in [0, 0.05) is 41.9 Å². The molecule has 0 saturated carbocycles. The monoisotopic (exact) mass is 486 g/mol. The van der Waals surface area contributed by atoms with E-state index in [0.29, 0.717) is 34.5 Å². The second-order valence-corrected chi connectivity index (χ2v) is 8.65. The van der Waals surface area contributed by atoms with E-state index in [1.165, 1.54) is 11.8 Å². The molecule has 4 aromatic rings. The van der Waals surface area contributed by atoms with Crippen LogP contribution in [0, 0.1) is 0 Å².